The van der Waals surface area contributed by atoms with Crippen LogP contribution in [0.1, 0.15) is 73.1 Å². The van der Waals surface area contributed by atoms with Crippen LogP contribution < -0.4 is 0 Å². The molecule has 10 unspecified atom stereocenters. The molecule has 0 radical (unpaired) electrons. The Morgan fingerprint density at radius 3 is 2.47 bits per heavy atom. The van der Waals surface area contributed by atoms with Crippen molar-refractivity contribution < 1.29 is 19.1 Å². The van der Waals surface area contributed by atoms with Gasteiger partial charge in [-0.2, -0.15) is 0 Å². The number of carbonyl (C=O) groups is 2. The average Bonchev–Trinajstić information content (AvgIpc) is 3.13. The van der Waals surface area contributed by atoms with Crippen LogP contribution in [0, 0.1) is 63.6 Å². The fourth-order valence-electron chi connectivity index (χ4n) is 9.45. The Kier molecular flexibility index (Phi) is 3.82. The average molecular weight is 415 g/mol. The summed E-state index contributed by atoms with van der Waals surface area (Å²) in [4.78, 5) is 26.0. The van der Waals surface area contributed by atoms with Gasteiger partial charge in [0.2, 0.25) is 0 Å². The van der Waals surface area contributed by atoms with E-state index in [4.69, 9.17) is 9.47 Å². The lowest BCUT2D eigenvalue weighted by Crippen LogP contribution is -2.40. The largest absolute Gasteiger partial charge is 0.465 e. The van der Waals surface area contributed by atoms with Crippen LogP contribution >= 0.6 is 0 Å². The zero-order valence-electron chi connectivity index (χ0n) is 19.3. The molecular formula is C26H38O4. The fourth-order valence-corrected chi connectivity index (χ4v) is 9.45. The molecule has 6 fully saturated rings. The van der Waals surface area contributed by atoms with Crippen molar-refractivity contribution in [3.8, 4) is 0 Å². The minimum Gasteiger partial charge on any atom is -0.465 e. The van der Waals surface area contributed by atoms with Crippen LogP contribution in [0.15, 0.2) is 0 Å². The van der Waals surface area contributed by atoms with Crippen molar-refractivity contribution >= 4 is 11.9 Å². The first-order valence-electron chi connectivity index (χ1n) is 12.4. The molecule has 166 valence electrons. The second-order valence-electron chi connectivity index (χ2n) is 13.6. The highest BCUT2D eigenvalue weighted by Gasteiger charge is 2.71. The van der Waals surface area contributed by atoms with E-state index in [0.717, 1.165) is 31.1 Å². The second-order valence-corrected chi connectivity index (χ2v) is 13.6. The van der Waals surface area contributed by atoms with Crippen LogP contribution in [0.4, 0.5) is 0 Å². The minimum absolute atomic E-state index is 0.0417. The summed E-state index contributed by atoms with van der Waals surface area (Å²) in [7, 11) is 0. The summed E-state index contributed by atoms with van der Waals surface area (Å²) in [5.74, 6) is 4.48. The van der Waals surface area contributed by atoms with Crippen LogP contribution in [0.2, 0.25) is 0 Å². The highest BCUT2D eigenvalue weighted by Crippen LogP contribution is 2.71. The van der Waals surface area contributed by atoms with Crippen LogP contribution in [0.3, 0.4) is 0 Å². The molecule has 0 aromatic heterocycles. The Hall–Kier alpha value is -1.06. The van der Waals surface area contributed by atoms with E-state index in [1.165, 1.54) is 19.3 Å². The van der Waals surface area contributed by atoms with Crippen molar-refractivity contribution in [2.24, 2.45) is 63.6 Å². The number of cyclic esters (lactones) is 1. The van der Waals surface area contributed by atoms with Crippen molar-refractivity contribution in [3.63, 3.8) is 0 Å². The molecule has 1 aliphatic heterocycles. The van der Waals surface area contributed by atoms with Crippen molar-refractivity contribution in [1.82, 2.24) is 0 Å². The number of rotatable bonds is 3. The molecule has 0 spiro atoms. The molecule has 5 aliphatic carbocycles. The van der Waals surface area contributed by atoms with Crippen molar-refractivity contribution in [3.05, 3.63) is 0 Å². The predicted molar refractivity (Wildman–Crippen MR) is 112 cm³/mol. The van der Waals surface area contributed by atoms with E-state index < -0.39 is 0 Å². The monoisotopic (exact) mass is 414 g/mol. The van der Waals surface area contributed by atoms with Gasteiger partial charge < -0.3 is 9.47 Å². The molecule has 4 heteroatoms. The van der Waals surface area contributed by atoms with Crippen molar-refractivity contribution in [1.29, 1.82) is 0 Å². The van der Waals surface area contributed by atoms with Gasteiger partial charge in [0.05, 0.1) is 17.9 Å². The highest BCUT2D eigenvalue weighted by atomic mass is 16.5. The van der Waals surface area contributed by atoms with Gasteiger partial charge in [0.15, 0.2) is 0 Å². The maximum Gasteiger partial charge on any atom is 0.312 e. The van der Waals surface area contributed by atoms with E-state index in [1.54, 1.807) is 0 Å². The molecular weight excluding hydrogens is 376 g/mol. The van der Waals surface area contributed by atoms with Crippen molar-refractivity contribution in [2.45, 2.75) is 79.2 Å². The van der Waals surface area contributed by atoms with E-state index in [-0.39, 0.29) is 40.2 Å². The normalized spacial score (nSPS) is 52.0. The van der Waals surface area contributed by atoms with Gasteiger partial charge in [0, 0.05) is 5.92 Å². The van der Waals surface area contributed by atoms with Crippen molar-refractivity contribution in [2.75, 3.05) is 6.61 Å². The first kappa shape index (κ1) is 19.6. The number of esters is 2. The number of hydrogen-bond acceptors (Lipinski definition) is 4. The smallest absolute Gasteiger partial charge is 0.312 e. The van der Waals surface area contributed by atoms with Gasteiger partial charge in [0.1, 0.15) is 6.10 Å². The Bertz CT molecular complexity index is 793. The van der Waals surface area contributed by atoms with Crippen LogP contribution in [-0.2, 0) is 19.1 Å². The molecule has 0 aromatic carbocycles. The highest BCUT2D eigenvalue weighted by molar-refractivity contribution is 5.82. The van der Waals surface area contributed by atoms with E-state index in [1.807, 2.05) is 0 Å². The lowest BCUT2D eigenvalue weighted by molar-refractivity contribution is -0.165. The molecule has 30 heavy (non-hydrogen) atoms. The predicted octanol–water partition coefficient (Wildman–Crippen LogP) is 4.85. The summed E-state index contributed by atoms with van der Waals surface area (Å²) in [6, 6.07) is 0. The summed E-state index contributed by atoms with van der Waals surface area (Å²) in [5.41, 5.74) is -0.152. The third kappa shape index (κ3) is 2.45. The van der Waals surface area contributed by atoms with Gasteiger partial charge in [-0.05, 0) is 84.9 Å². The second kappa shape index (κ2) is 5.84. The molecule has 5 saturated carbocycles. The fraction of sp³-hybridized carbons (Fsp3) is 0.923. The topological polar surface area (TPSA) is 52.6 Å². The summed E-state index contributed by atoms with van der Waals surface area (Å²) in [5, 5.41) is 0. The van der Waals surface area contributed by atoms with Gasteiger partial charge in [-0.1, -0.05) is 34.6 Å². The molecule has 0 aromatic rings. The maximum atomic E-state index is 13.6. The van der Waals surface area contributed by atoms with E-state index >= 15 is 0 Å². The van der Waals surface area contributed by atoms with Gasteiger partial charge in [-0.25, -0.2) is 0 Å². The number of fused-ring (bicyclic) bond motifs is 12. The van der Waals surface area contributed by atoms with E-state index in [0.29, 0.717) is 36.2 Å². The van der Waals surface area contributed by atoms with Gasteiger partial charge in [-0.3, -0.25) is 9.59 Å². The molecule has 0 amide bonds. The first-order chi connectivity index (χ1) is 14.0. The third-order valence-electron chi connectivity index (χ3n) is 10.4. The van der Waals surface area contributed by atoms with E-state index in [2.05, 4.69) is 34.6 Å². The maximum absolute atomic E-state index is 13.6. The number of hydrogen-bond donors (Lipinski definition) is 0. The lowest BCUT2D eigenvalue weighted by atomic mass is 9.67. The molecule has 6 rings (SSSR count). The van der Waals surface area contributed by atoms with Gasteiger partial charge >= 0.3 is 11.9 Å². The number of ether oxygens (including phenoxy) is 2. The molecule has 0 N–H and O–H groups in total. The molecule has 4 nitrogen and oxygen atoms in total. The van der Waals surface area contributed by atoms with Crippen LogP contribution in [0.25, 0.3) is 0 Å². The Balaban J connectivity index is 1.23. The molecule has 4 bridgehead atoms. The van der Waals surface area contributed by atoms with Crippen LogP contribution in [-0.4, -0.2) is 24.6 Å². The zero-order valence-corrected chi connectivity index (χ0v) is 19.3. The molecule has 1 saturated heterocycles. The van der Waals surface area contributed by atoms with Crippen LogP contribution in [0.5, 0.6) is 0 Å². The summed E-state index contributed by atoms with van der Waals surface area (Å²) < 4.78 is 11.9. The minimum atomic E-state index is -0.310. The lowest BCUT2D eigenvalue weighted by Gasteiger charge is -2.37. The summed E-state index contributed by atoms with van der Waals surface area (Å²) in [6.07, 6.45) is 6.56. The molecule has 6 aliphatic rings. The zero-order chi connectivity index (χ0) is 21.2. The standard InChI is InChI=1S/C26H38O4/c1-24(2,3)11-26(12-25(26,4)5)23(28)30-18-7-6-13-8-15(18)20-16-9-14(19(13)20)17-10-29-22(27)21(16)17/h13-21H,6-12H2,1-5H3. The number of carbonyl (C=O) groups excluding carboxylic acids is 2. The molecule has 1 heterocycles. The summed E-state index contributed by atoms with van der Waals surface area (Å²) in [6.45, 7) is 11.8. The Labute approximate surface area is 180 Å². The third-order valence-corrected chi connectivity index (χ3v) is 10.4. The van der Waals surface area contributed by atoms with Gasteiger partial charge in [-0.15, -0.1) is 0 Å². The van der Waals surface area contributed by atoms with E-state index in [9.17, 15) is 9.59 Å². The quantitative estimate of drug-likeness (QED) is 0.489. The molecule has 10 atom stereocenters. The Morgan fingerprint density at radius 1 is 1.07 bits per heavy atom. The SMILES string of the molecule is CC(C)(C)CC1(C(=O)OC2CCC3CC2C2C4CC(C5COC(=O)C54)C32)CC1(C)C. The first-order valence-corrected chi connectivity index (χ1v) is 12.4. The van der Waals surface area contributed by atoms with Gasteiger partial charge in [0.25, 0.3) is 0 Å². The Morgan fingerprint density at radius 2 is 1.80 bits per heavy atom. The summed E-state index contributed by atoms with van der Waals surface area (Å²) >= 11 is 0.